The predicted octanol–water partition coefficient (Wildman–Crippen LogP) is 0.528. The number of nitrogens with two attached hydrogens (primary N) is 1. The molecule has 0 amide bonds. The molecule has 0 saturated carbocycles. The van der Waals surface area contributed by atoms with Gasteiger partial charge in [0, 0.05) is 26.2 Å². The van der Waals surface area contributed by atoms with E-state index in [1.54, 1.807) is 4.68 Å². The Labute approximate surface area is 95.4 Å². The summed E-state index contributed by atoms with van der Waals surface area (Å²) in [6.07, 6.45) is 2.14. The second-order valence-corrected chi connectivity index (χ2v) is 4.37. The monoisotopic (exact) mass is 219 g/mol. The second-order valence-electron chi connectivity index (χ2n) is 4.37. The van der Waals surface area contributed by atoms with E-state index in [-0.39, 0.29) is 6.04 Å². The lowest BCUT2D eigenvalue weighted by atomic mass is 10.1. The van der Waals surface area contributed by atoms with E-state index in [1.165, 1.54) is 0 Å². The Morgan fingerprint density at radius 3 is 2.94 bits per heavy atom. The quantitative estimate of drug-likeness (QED) is 0.748. The van der Waals surface area contributed by atoms with Crippen LogP contribution in [0.3, 0.4) is 0 Å². The summed E-state index contributed by atoms with van der Waals surface area (Å²) in [5.41, 5.74) is 7.42. The van der Waals surface area contributed by atoms with Crippen molar-refractivity contribution in [2.24, 2.45) is 12.8 Å². The van der Waals surface area contributed by atoms with Gasteiger partial charge >= 0.3 is 0 Å². The van der Waals surface area contributed by atoms with Crippen molar-refractivity contribution < 1.29 is 0 Å². The molecule has 5 heteroatoms. The summed E-state index contributed by atoms with van der Waals surface area (Å²) in [6.45, 7) is 3.64. The highest BCUT2D eigenvalue weighted by Crippen LogP contribution is 2.24. The average molecular weight is 219 g/mol. The van der Waals surface area contributed by atoms with Gasteiger partial charge in [0.2, 0.25) is 0 Å². The van der Waals surface area contributed by atoms with Crippen molar-refractivity contribution in [1.82, 2.24) is 9.78 Å². The number of hydrogen-bond donors (Lipinski definition) is 1. The topological polar surface area (TPSA) is 70.9 Å². The van der Waals surface area contributed by atoms with E-state index in [0.29, 0.717) is 5.56 Å². The van der Waals surface area contributed by atoms with Crippen molar-refractivity contribution >= 4 is 5.82 Å². The van der Waals surface area contributed by atoms with Gasteiger partial charge in [-0.1, -0.05) is 0 Å². The molecule has 5 nitrogen and oxygen atoms in total. The zero-order valence-corrected chi connectivity index (χ0v) is 9.77. The zero-order chi connectivity index (χ0) is 11.7. The maximum Gasteiger partial charge on any atom is 0.145 e. The molecule has 1 atom stereocenters. The van der Waals surface area contributed by atoms with Gasteiger partial charge in [0.1, 0.15) is 17.5 Å². The number of nitriles is 1. The highest BCUT2D eigenvalue weighted by molar-refractivity contribution is 5.57. The van der Waals surface area contributed by atoms with Crippen LogP contribution in [0.1, 0.15) is 24.1 Å². The zero-order valence-electron chi connectivity index (χ0n) is 9.77. The molecule has 1 unspecified atom stereocenters. The minimum absolute atomic E-state index is 0.204. The molecule has 1 fully saturated rings. The number of rotatable bonds is 1. The SMILES string of the molecule is Cc1nn(C)c(N2CCCC(N)C2)c1C#N. The third-order valence-electron chi connectivity index (χ3n) is 3.06. The van der Waals surface area contributed by atoms with Crippen LogP contribution in [0.15, 0.2) is 0 Å². The standard InChI is InChI=1S/C11H17N5/c1-8-10(6-12)11(15(2)14-8)16-5-3-4-9(13)7-16/h9H,3-5,7,13H2,1-2H3. The fraction of sp³-hybridized carbons (Fsp3) is 0.636. The Kier molecular flexibility index (Phi) is 2.84. The first-order valence-corrected chi connectivity index (χ1v) is 5.57. The van der Waals surface area contributed by atoms with Crippen LogP contribution in [0.5, 0.6) is 0 Å². The minimum atomic E-state index is 0.204. The van der Waals surface area contributed by atoms with Gasteiger partial charge in [-0.15, -0.1) is 0 Å². The predicted molar refractivity (Wildman–Crippen MR) is 62.1 cm³/mol. The Morgan fingerprint density at radius 1 is 1.56 bits per heavy atom. The van der Waals surface area contributed by atoms with Gasteiger partial charge in [-0.25, -0.2) is 0 Å². The van der Waals surface area contributed by atoms with Crippen LogP contribution < -0.4 is 10.6 Å². The first-order chi connectivity index (χ1) is 7.63. The Balaban J connectivity index is 2.36. The third-order valence-corrected chi connectivity index (χ3v) is 3.06. The molecule has 0 bridgehead atoms. The number of hydrogen-bond acceptors (Lipinski definition) is 4. The second kappa shape index (κ2) is 4.14. The molecule has 0 aliphatic carbocycles. The highest BCUT2D eigenvalue weighted by Gasteiger charge is 2.23. The average Bonchev–Trinajstić information content (AvgIpc) is 2.52. The van der Waals surface area contributed by atoms with Crippen LogP contribution in [0.25, 0.3) is 0 Å². The molecule has 0 radical (unpaired) electrons. The summed E-state index contributed by atoms with van der Waals surface area (Å²) < 4.78 is 1.78. The van der Waals surface area contributed by atoms with Crippen LogP contribution in [-0.4, -0.2) is 28.9 Å². The van der Waals surface area contributed by atoms with E-state index < -0.39 is 0 Å². The first-order valence-electron chi connectivity index (χ1n) is 5.57. The maximum absolute atomic E-state index is 9.15. The summed E-state index contributed by atoms with van der Waals surface area (Å²) in [6, 6.07) is 2.44. The number of anilines is 1. The summed E-state index contributed by atoms with van der Waals surface area (Å²) in [5.74, 6) is 0.912. The molecule has 1 aliphatic heterocycles. The highest BCUT2D eigenvalue weighted by atomic mass is 15.4. The van der Waals surface area contributed by atoms with Crippen molar-refractivity contribution in [2.75, 3.05) is 18.0 Å². The third kappa shape index (κ3) is 1.76. The molecule has 1 aromatic rings. The molecule has 86 valence electrons. The van der Waals surface area contributed by atoms with Gasteiger partial charge in [-0.05, 0) is 19.8 Å². The van der Waals surface area contributed by atoms with Gasteiger partial charge in [-0.2, -0.15) is 10.4 Å². The van der Waals surface area contributed by atoms with E-state index in [0.717, 1.165) is 37.4 Å². The molecule has 1 aromatic heterocycles. The van der Waals surface area contributed by atoms with E-state index in [4.69, 9.17) is 11.0 Å². The Bertz CT molecular complexity index is 428. The van der Waals surface area contributed by atoms with Gasteiger partial charge in [0.05, 0.1) is 5.69 Å². The van der Waals surface area contributed by atoms with Gasteiger partial charge in [-0.3, -0.25) is 4.68 Å². The van der Waals surface area contributed by atoms with Gasteiger partial charge in [0.15, 0.2) is 0 Å². The fourth-order valence-electron chi connectivity index (χ4n) is 2.34. The molecule has 0 spiro atoms. The maximum atomic E-state index is 9.15. The van der Waals surface area contributed by atoms with Crippen molar-refractivity contribution in [2.45, 2.75) is 25.8 Å². The lowest BCUT2D eigenvalue weighted by Crippen LogP contribution is -2.43. The molecule has 2 heterocycles. The summed E-state index contributed by atoms with van der Waals surface area (Å²) in [4.78, 5) is 2.17. The Morgan fingerprint density at radius 2 is 2.31 bits per heavy atom. The molecule has 2 rings (SSSR count). The summed E-state index contributed by atoms with van der Waals surface area (Å²) >= 11 is 0. The lowest BCUT2D eigenvalue weighted by molar-refractivity contribution is 0.496. The van der Waals surface area contributed by atoms with Crippen molar-refractivity contribution in [3.63, 3.8) is 0 Å². The summed E-state index contributed by atoms with van der Waals surface area (Å²) in [7, 11) is 1.88. The summed E-state index contributed by atoms with van der Waals surface area (Å²) in [5, 5.41) is 13.4. The fourth-order valence-corrected chi connectivity index (χ4v) is 2.34. The smallest absolute Gasteiger partial charge is 0.145 e. The van der Waals surface area contributed by atoms with E-state index in [9.17, 15) is 0 Å². The number of piperidine rings is 1. The molecule has 1 saturated heterocycles. The molecule has 2 N–H and O–H groups in total. The number of aryl methyl sites for hydroxylation is 2. The van der Waals surface area contributed by atoms with Crippen LogP contribution in [0.2, 0.25) is 0 Å². The van der Waals surface area contributed by atoms with Crippen molar-refractivity contribution in [1.29, 1.82) is 5.26 Å². The van der Waals surface area contributed by atoms with E-state index in [2.05, 4.69) is 16.1 Å². The van der Waals surface area contributed by atoms with Crippen LogP contribution in [0.4, 0.5) is 5.82 Å². The van der Waals surface area contributed by atoms with Crippen LogP contribution >= 0.6 is 0 Å². The Hall–Kier alpha value is -1.54. The molecule has 0 aromatic carbocycles. The number of nitrogens with zero attached hydrogens (tertiary/aromatic N) is 4. The molecular formula is C11H17N5. The van der Waals surface area contributed by atoms with E-state index >= 15 is 0 Å². The van der Waals surface area contributed by atoms with E-state index in [1.807, 2.05) is 14.0 Å². The molecule has 16 heavy (non-hydrogen) atoms. The van der Waals surface area contributed by atoms with Gasteiger partial charge in [0.25, 0.3) is 0 Å². The normalized spacial score (nSPS) is 20.9. The van der Waals surface area contributed by atoms with Crippen LogP contribution in [0, 0.1) is 18.3 Å². The lowest BCUT2D eigenvalue weighted by Gasteiger charge is -2.32. The first kappa shape index (κ1) is 11.0. The number of aromatic nitrogens is 2. The minimum Gasteiger partial charge on any atom is -0.354 e. The molecular weight excluding hydrogens is 202 g/mol. The van der Waals surface area contributed by atoms with Crippen LogP contribution in [-0.2, 0) is 7.05 Å². The molecule has 1 aliphatic rings. The largest absolute Gasteiger partial charge is 0.354 e. The van der Waals surface area contributed by atoms with Gasteiger partial charge < -0.3 is 10.6 Å². The van der Waals surface area contributed by atoms with Crippen molar-refractivity contribution in [3.8, 4) is 6.07 Å². The van der Waals surface area contributed by atoms with Crippen molar-refractivity contribution in [3.05, 3.63) is 11.3 Å².